The van der Waals surface area contributed by atoms with Crippen LogP contribution >= 0.6 is 0 Å². The molecule has 7 nitrogen and oxygen atoms in total. The molecule has 1 aromatic carbocycles. The predicted molar refractivity (Wildman–Crippen MR) is 80.0 cm³/mol. The number of ether oxygens (including phenoxy) is 3. The molecule has 1 atom stereocenters. The van der Waals surface area contributed by atoms with Crippen molar-refractivity contribution < 1.29 is 23.7 Å². The van der Waals surface area contributed by atoms with Crippen LogP contribution < -0.4 is 4.74 Å². The van der Waals surface area contributed by atoms with Crippen molar-refractivity contribution in [3.05, 3.63) is 41.6 Å². The van der Waals surface area contributed by atoms with Crippen LogP contribution in [0.2, 0.25) is 0 Å². The fraction of sp³-hybridized carbons (Fsp3) is 0.500. The molecule has 23 heavy (non-hydrogen) atoms. The van der Waals surface area contributed by atoms with E-state index < -0.39 is 5.60 Å². The Labute approximate surface area is 134 Å². The molecule has 7 heteroatoms. The third kappa shape index (κ3) is 3.52. The Morgan fingerprint density at radius 1 is 1.26 bits per heavy atom. The molecule has 1 aliphatic heterocycles. The lowest BCUT2D eigenvalue weighted by molar-refractivity contribution is -0.0420. The van der Waals surface area contributed by atoms with Gasteiger partial charge in [-0.3, -0.25) is 0 Å². The summed E-state index contributed by atoms with van der Waals surface area (Å²) in [5.74, 6) is 1.52. The first kappa shape index (κ1) is 15.9. The maximum atomic E-state index is 8.90. The van der Waals surface area contributed by atoms with Gasteiger partial charge in [0, 0.05) is 20.1 Å². The third-order valence-corrected chi connectivity index (χ3v) is 3.92. The molecule has 0 radical (unpaired) electrons. The highest BCUT2D eigenvalue weighted by molar-refractivity contribution is 5.27. The van der Waals surface area contributed by atoms with Crippen molar-refractivity contribution in [1.82, 2.24) is 10.2 Å². The summed E-state index contributed by atoms with van der Waals surface area (Å²) in [6.45, 7) is 1.35. The highest BCUT2D eigenvalue weighted by atomic mass is 16.6. The number of rotatable bonds is 7. The summed E-state index contributed by atoms with van der Waals surface area (Å²) >= 11 is 0. The lowest BCUT2D eigenvalue weighted by atomic mass is 10.0. The lowest BCUT2D eigenvalue weighted by Gasteiger charge is -2.20. The summed E-state index contributed by atoms with van der Waals surface area (Å²) in [5.41, 5.74) is 0.417. The molecule has 124 valence electrons. The molecule has 0 saturated carbocycles. The number of hydrogen-bond acceptors (Lipinski definition) is 7. The Bertz CT molecular complexity index is 620. The minimum absolute atomic E-state index is 0.135. The van der Waals surface area contributed by atoms with Gasteiger partial charge < -0.3 is 23.7 Å². The molecule has 0 aliphatic carbocycles. The van der Waals surface area contributed by atoms with E-state index in [0.29, 0.717) is 43.6 Å². The Morgan fingerprint density at radius 3 is 2.74 bits per heavy atom. The molecular formula is C16H20N2O5. The van der Waals surface area contributed by atoms with E-state index in [2.05, 4.69) is 10.2 Å². The van der Waals surface area contributed by atoms with Crippen LogP contribution in [0.3, 0.4) is 0 Å². The van der Waals surface area contributed by atoms with Crippen molar-refractivity contribution in [2.45, 2.75) is 25.0 Å². The van der Waals surface area contributed by atoms with Gasteiger partial charge in [-0.2, -0.15) is 0 Å². The maximum Gasteiger partial charge on any atom is 0.254 e. The van der Waals surface area contributed by atoms with Crippen molar-refractivity contribution in [2.24, 2.45) is 0 Å². The van der Waals surface area contributed by atoms with Gasteiger partial charge in [-0.25, -0.2) is 0 Å². The first-order valence-electron chi connectivity index (χ1n) is 7.54. The van der Waals surface area contributed by atoms with Crippen LogP contribution in [0.25, 0.3) is 0 Å². The number of aromatic nitrogens is 2. The lowest BCUT2D eigenvalue weighted by Crippen LogP contribution is -2.29. The Kier molecular flexibility index (Phi) is 4.90. The maximum absolute atomic E-state index is 8.90. The van der Waals surface area contributed by atoms with Gasteiger partial charge in [-0.05, 0) is 24.1 Å². The number of aliphatic hydroxyl groups is 1. The molecule has 2 heterocycles. The Morgan fingerprint density at radius 2 is 2.09 bits per heavy atom. The van der Waals surface area contributed by atoms with Crippen LogP contribution in [0.5, 0.6) is 5.75 Å². The Hall–Kier alpha value is -1.96. The summed E-state index contributed by atoms with van der Waals surface area (Å²) in [7, 11) is 1.61. The predicted octanol–water partition coefficient (Wildman–Crippen LogP) is 1.45. The van der Waals surface area contributed by atoms with Crippen LogP contribution in [0.1, 0.15) is 23.8 Å². The van der Waals surface area contributed by atoms with Gasteiger partial charge in [0.05, 0.1) is 13.2 Å². The minimum atomic E-state index is -0.642. The Balaban J connectivity index is 1.61. The molecule has 1 aromatic heterocycles. The summed E-state index contributed by atoms with van der Waals surface area (Å²) in [5, 5.41) is 17.0. The van der Waals surface area contributed by atoms with Crippen LogP contribution in [-0.2, 0) is 28.1 Å². The highest BCUT2D eigenvalue weighted by Gasteiger charge is 2.42. The molecule has 1 fully saturated rings. The smallest absolute Gasteiger partial charge is 0.254 e. The van der Waals surface area contributed by atoms with Gasteiger partial charge in [-0.1, -0.05) is 12.1 Å². The van der Waals surface area contributed by atoms with Crippen molar-refractivity contribution in [3.63, 3.8) is 0 Å². The third-order valence-electron chi connectivity index (χ3n) is 3.92. The zero-order valence-electron chi connectivity index (χ0n) is 13.0. The van der Waals surface area contributed by atoms with E-state index in [0.717, 1.165) is 5.56 Å². The van der Waals surface area contributed by atoms with Gasteiger partial charge in [-0.15, -0.1) is 10.2 Å². The van der Waals surface area contributed by atoms with Crippen molar-refractivity contribution in [3.8, 4) is 5.75 Å². The first-order chi connectivity index (χ1) is 11.3. The van der Waals surface area contributed by atoms with Gasteiger partial charge in [0.25, 0.3) is 11.8 Å². The number of methoxy groups -OCH3 is 1. The largest absolute Gasteiger partial charge is 0.484 e. The standard InChI is InChI=1S/C16H20N2O5/c1-20-16(7-9-21-11-16)15-18-17-14(23-15)10-22-13-4-2-12(3-5-13)6-8-19/h2-5,19H,6-11H2,1H3. The van der Waals surface area contributed by atoms with Crippen LogP contribution in [0.15, 0.2) is 28.7 Å². The van der Waals surface area contributed by atoms with Crippen molar-refractivity contribution in [1.29, 1.82) is 0 Å². The summed E-state index contributed by atoms with van der Waals surface area (Å²) in [6, 6.07) is 7.54. The van der Waals surface area contributed by atoms with E-state index in [-0.39, 0.29) is 13.2 Å². The second-order valence-corrected chi connectivity index (χ2v) is 5.41. The second kappa shape index (κ2) is 7.08. The molecular weight excluding hydrogens is 300 g/mol. The fourth-order valence-electron chi connectivity index (χ4n) is 2.49. The van der Waals surface area contributed by atoms with Crippen molar-refractivity contribution >= 4 is 0 Å². The summed E-state index contributed by atoms with van der Waals surface area (Å²) < 4.78 is 22.2. The minimum Gasteiger partial charge on any atom is -0.484 e. The number of hydrogen-bond donors (Lipinski definition) is 1. The molecule has 0 spiro atoms. The van der Waals surface area contributed by atoms with Crippen molar-refractivity contribution in [2.75, 3.05) is 26.9 Å². The topological polar surface area (TPSA) is 86.8 Å². The molecule has 1 unspecified atom stereocenters. The molecule has 0 amide bonds. The SMILES string of the molecule is COC1(c2nnc(COc3ccc(CCO)cc3)o2)CCOC1. The van der Waals surface area contributed by atoms with E-state index >= 15 is 0 Å². The monoisotopic (exact) mass is 320 g/mol. The molecule has 0 bridgehead atoms. The molecule has 3 rings (SSSR count). The van der Waals surface area contributed by atoms with Gasteiger partial charge in [0.2, 0.25) is 0 Å². The van der Waals surface area contributed by atoms with Crippen LogP contribution in [-0.4, -0.2) is 42.2 Å². The quantitative estimate of drug-likeness (QED) is 0.826. The van der Waals surface area contributed by atoms with E-state index in [1.807, 2.05) is 24.3 Å². The van der Waals surface area contributed by atoms with E-state index in [4.69, 9.17) is 23.7 Å². The second-order valence-electron chi connectivity index (χ2n) is 5.41. The molecule has 1 saturated heterocycles. The van der Waals surface area contributed by atoms with Crippen LogP contribution in [0, 0.1) is 0 Å². The number of aliphatic hydroxyl groups excluding tert-OH is 1. The highest BCUT2D eigenvalue weighted by Crippen LogP contribution is 2.32. The van der Waals surface area contributed by atoms with Crippen LogP contribution in [0.4, 0.5) is 0 Å². The average molecular weight is 320 g/mol. The zero-order chi connectivity index (χ0) is 16.1. The van der Waals surface area contributed by atoms with Gasteiger partial charge >= 0.3 is 0 Å². The molecule has 2 aromatic rings. The molecule has 1 N–H and O–H groups in total. The fourth-order valence-corrected chi connectivity index (χ4v) is 2.49. The number of benzene rings is 1. The number of nitrogens with zero attached hydrogens (tertiary/aromatic N) is 2. The summed E-state index contributed by atoms with van der Waals surface area (Å²) in [4.78, 5) is 0. The van der Waals surface area contributed by atoms with E-state index in [1.165, 1.54) is 0 Å². The van der Waals surface area contributed by atoms with E-state index in [1.54, 1.807) is 7.11 Å². The van der Waals surface area contributed by atoms with Gasteiger partial charge in [0.1, 0.15) is 5.75 Å². The van der Waals surface area contributed by atoms with E-state index in [9.17, 15) is 0 Å². The zero-order valence-corrected chi connectivity index (χ0v) is 13.0. The average Bonchev–Trinajstić information content (AvgIpc) is 3.24. The normalized spacial score (nSPS) is 20.8. The summed E-state index contributed by atoms with van der Waals surface area (Å²) in [6.07, 6.45) is 1.33. The first-order valence-corrected chi connectivity index (χ1v) is 7.54. The van der Waals surface area contributed by atoms with Gasteiger partial charge in [0.15, 0.2) is 12.2 Å². The molecule has 1 aliphatic rings.